The zero-order chi connectivity index (χ0) is 12.8. The summed E-state index contributed by atoms with van der Waals surface area (Å²) in [6, 6.07) is 4.98. The number of halogens is 2. The number of nitrogens with one attached hydrogen (secondary N) is 2. The molecule has 1 aromatic heterocycles. The van der Waals surface area contributed by atoms with Gasteiger partial charge in [-0.1, -0.05) is 15.9 Å². The van der Waals surface area contributed by atoms with Crippen LogP contribution in [0, 0.1) is 5.82 Å². The summed E-state index contributed by atoms with van der Waals surface area (Å²) in [5.41, 5.74) is 0.683. The van der Waals surface area contributed by atoms with Crippen LogP contribution in [0.25, 0.3) is 0 Å². The molecule has 0 aliphatic carbocycles. The highest BCUT2D eigenvalue weighted by molar-refractivity contribution is 9.10. The van der Waals surface area contributed by atoms with E-state index >= 15 is 0 Å². The van der Waals surface area contributed by atoms with E-state index in [2.05, 4.69) is 31.2 Å². The molecule has 1 heterocycles. The number of nitrogens with zero attached hydrogens (tertiary/aromatic N) is 1. The van der Waals surface area contributed by atoms with E-state index in [-0.39, 0.29) is 5.82 Å². The van der Waals surface area contributed by atoms with E-state index < -0.39 is 0 Å². The fourth-order valence-corrected chi connectivity index (χ4v) is 2.13. The fraction of sp³-hybridized carbons (Fsp3) is 0.308. The lowest BCUT2D eigenvalue weighted by Crippen LogP contribution is -2.16. The van der Waals surface area contributed by atoms with Crippen LogP contribution in [0.1, 0.15) is 17.8 Å². The number of aryl methyl sites for hydroxylation is 1. The SMILES string of the molecule is Fc1ccc(Br)cc1CNCCCc1ncc[nH]1. The number of H-pyrrole nitrogens is 1. The minimum Gasteiger partial charge on any atom is -0.349 e. The molecule has 0 unspecified atom stereocenters. The Kier molecular flexibility index (Phi) is 4.90. The second-order valence-corrected chi connectivity index (χ2v) is 4.97. The van der Waals surface area contributed by atoms with Crippen molar-refractivity contribution in [3.05, 3.63) is 52.3 Å². The Bertz CT molecular complexity index is 485. The van der Waals surface area contributed by atoms with E-state index in [1.54, 1.807) is 18.3 Å². The lowest BCUT2D eigenvalue weighted by molar-refractivity contribution is 0.579. The molecule has 0 fully saturated rings. The maximum absolute atomic E-state index is 13.4. The Morgan fingerprint density at radius 2 is 2.28 bits per heavy atom. The maximum Gasteiger partial charge on any atom is 0.127 e. The summed E-state index contributed by atoms with van der Waals surface area (Å²) in [4.78, 5) is 7.21. The van der Waals surface area contributed by atoms with Gasteiger partial charge < -0.3 is 10.3 Å². The second kappa shape index (κ2) is 6.66. The minimum atomic E-state index is -0.170. The van der Waals surface area contributed by atoms with E-state index in [9.17, 15) is 4.39 Å². The third-order valence-corrected chi connectivity index (χ3v) is 3.14. The molecule has 0 saturated carbocycles. The van der Waals surface area contributed by atoms with Gasteiger partial charge in [0.1, 0.15) is 11.6 Å². The van der Waals surface area contributed by atoms with Gasteiger partial charge in [-0.3, -0.25) is 0 Å². The average Bonchev–Trinajstić information content (AvgIpc) is 2.86. The van der Waals surface area contributed by atoms with Crippen molar-refractivity contribution in [3.63, 3.8) is 0 Å². The zero-order valence-corrected chi connectivity index (χ0v) is 11.5. The van der Waals surface area contributed by atoms with Gasteiger partial charge in [0.2, 0.25) is 0 Å². The third kappa shape index (κ3) is 3.92. The van der Waals surface area contributed by atoms with Gasteiger partial charge in [0.05, 0.1) is 0 Å². The van der Waals surface area contributed by atoms with Crippen LogP contribution in [0.4, 0.5) is 4.39 Å². The first-order chi connectivity index (χ1) is 8.75. The standard InChI is InChI=1S/C13H15BrFN3/c14-11-3-4-12(15)10(8-11)9-16-5-1-2-13-17-6-7-18-13/h3-4,6-8,16H,1-2,5,9H2,(H,17,18). The first-order valence-electron chi connectivity index (χ1n) is 5.88. The van der Waals surface area contributed by atoms with Gasteiger partial charge in [-0.2, -0.15) is 0 Å². The maximum atomic E-state index is 13.4. The Hall–Kier alpha value is -1.20. The quantitative estimate of drug-likeness (QED) is 0.805. The first kappa shape index (κ1) is 13.2. The molecule has 2 aromatic rings. The molecule has 0 aliphatic heterocycles. The summed E-state index contributed by atoms with van der Waals surface area (Å²) < 4.78 is 14.3. The van der Waals surface area contributed by atoms with Gasteiger partial charge in [0.25, 0.3) is 0 Å². The van der Waals surface area contributed by atoms with Crippen molar-refractivity contribution in [2.75, 3.05) is 6.54 Å². The summed E-state index contributed by atoms with van der Waals surface area (Å²) in [6.45, 7) is 1.39. The molecule has 18 heavy (non-hydrogen) atoms. The molecule has 5 heteroatoms. The van der Waals surface area contributed by atoms with Gasteiger partial charge in [-0.15, -0.1) is 0 Å². The molecule has 0 saturated heterocycles. The molecule has 2 N–H and O–H groups in total. The van der Waals surface area contributed by atoms with E-state index in [0.717, 1.165) is 29.7 Å². The Morgan fingerprint density at radius 3 is 3.06 bits per heavy atom. The molecule has 0 bridgehead atoms. The molecular weight excluding hydrogens is 297 g/mol. The lowest BCUT2D eigenvalue weighted by atomic mass is 10.2. The highest BCUT2D eigenvalue weighted by Crippen LogP contribution is 2.15. The molecule has 1 aromatic carbocycles. The van der Waals surface area contributed by atoms with Gasteiger partial charge in [0, 0.05) is 35.4 Å². The summed E-state index contributed by atoms with van der Waals surface area (Å²) in [5, 5.41) is 3.23. The first-order valence-corrected chi connectivity index (χ1v) is 6.68. The summed E-state index contributed by atoms with van der Waals surface area (Å²) >= 11 is 3.34. The largest absolute Gasteiger partial charge is 0.349 e. The molecule has 2 rings (SSSR count). The van der Waals surface area contributed by atoms with Crippen LogP contribution in [0.3, 0.4) is 0 Å². The molecule has 0 radical (unpaired) electrons. The summed E-state index contributed by atoms with van der Waals surface area (Å²) in [6.07, 6.45) is 5.45. The third-order valence-electron chi connectivity index (χ3n) is 2.65. The van der Waals surface area contributed by atoms with E-state index in [4.69, 9.17) is 0 Å². The van der Waals surface area contributed by atoms with Crippen LogP contribution in [0.5, 0.6) is 0 Å². The molecule has 96 valence electrons. The van der Waals surface area contributed by atoms with Crippen molar-refractivity contribution in [3.8, 4) is 0 Å². The van der Waals surface area contributed by atoms with Crippen LogP contribution >= 0.6 is 15.9 Å². The van der Waals surface area contributed by atoms with Crippen molar-refractivity contribution in [2.24, 2.45) is 0 Å². The van der Waals surface area contributed by atoms with Crippen LogP contribution in [0.2, 0.25) is 0 Å². The molecule has 3 nitrogen and oxygen atoms in total. The normalized spacial score (nSPS) is 10.8. The zero-order valence-electron chi connectivity index (χ0n) is 9.92. The molecular formula is C13H15BrFN3. The van der Waals surface area contributed by atoms with Crippen LogP contribution in [0.15, 0.2) is 35.1 Å². The number of hydrogen-bond donors (Lipinski definition) is 2. The predicted octanol–water partition coefficient (Wildman–Crippen LogP) is 3.03. The van der Waals surface area contributed by atoms with E-state index in [1.165, 1.54) is 6.07 Å². The Morgan fingerprint density at radius 1 is 1.39 bits per heavy atom. The molecule has 0 spiro atoms. The second-order valence-electron chi connectivity index (χ2n) is 4.05. The number of hydrogen-bond acceptors (Lipinski definition) is 2. The van der Waals surface area contributed by atoms with Crippen LogP contribution in [-0.4, -0.2) is 16.5 Å². The van der Waals surface area contributed by atoms with Crippen molar-refractivity contribution in [1.29, 1.82) is 0 Å². The summed E-state index contributed by atoms with van der Waals surface area (Å²) in [7, 11) is 0. The lowest BCUT2D eigenvalue weighted by Gasteiger charge is -2.06. The Labute approximate surface area is 114 Å². The highest BCUT2D eigenvalue weighted by Gasteiger charge is 2.02. The van der Waals surface area contributed by atoms with Crippen LogP contribution in [-0.2, 0) is 13.0 Å². The van der Waals surface area contributed by atoms with Gasteiger partial charge in [0.15, 0.2) is 0 Å². The van der Waals surface area contributed by atoms with Crippen LogP contribution < -0.4 is 5.32 Å². The molecule has 0 atom stereocenters. The number of aromatic nitrogens is 2. The van der Waals surface area contributed by atoms with Crippen molar-refractivity contribution < 1.29 is 4.39 Å². The molecule has 0 amide bonds. The topological polar surface area (TPSA) is 40.7 Å². The van der Waals surface area contributed by atoms with E-state index in [0.29, 0.717) is 12.1 Å². The number of imidazole rings is 1. The smallest absolute Gasteiger partial charge is 0.127 e. The van der Waals surface area contributed by atoms with Gasteiger partial charge >= 0.3 is 0 Å². The number of rotatable bonds is 6. The van der Waals surface area contributed by atoms with Gasteiger partial charge in [-0.05, 0) is 31.2 Å². The fourth-order valence-electron chi connectivity index (χ4n) is 1.72. The molecule has 0 aliphatic rings. The monoisotopic (exact) mass is 311 g/mol. The highest BCUT2D eigenvalue weighted by atomic mass is 79.9. The number of aromatic amines is 1. The minimum absolute atomic E-state index is 0.170. The van der Waals surface area contributed by atoms with Crippen molar-refractivity contribution in [1.82, 2.24) is 15.3 Å². The average molecular weight is 312 g/mol. The predicted molar refractivity (Wildman–Crippen MR) is 72.7 cm³/mol. The van der Waals surface area contributed by atoms with E-state index in [1.807, 2.05) is 6.20 Å². The van der Waals surface area contributed by atoms with Crippen molar-refractivity contribution >= 4 is 15.9 Å². The number of benzene rings is 1. The Balaban J connectivity index is 1.70. The van der Waals surface area contributed by atoms with Gasteiger partial charge in [-0.25, -0.2) is 9.37 Å². The van der Waals surface area contributed by atoms with Crippen molar-refractivity contribution in [2.45, 2.75) is 19.4 Å². The summed E-state index contributed by atoms with van der Waals surface area (Å²) in [5.74, 6) is 0.821.